The van der Waals surface area contributed by atoms with Crippen LogP contribution in [0.5, 0.6) is 0 Å². The number of carbonyl (C=O) groups is 2. The lowest BCUT2D eigenvalue weighted by Gasteiger charge is -2.09. The summed E-state index contributed by atoms with van der Waals surface area (Å²) in [6, 6.07) is 8.88. The molecule has 21 heavy (non-hydrogen) atoms. The van der Waals surface area contributed by atoms with Gasteiger partial charge in [0.2, 0.25) is 0 Å². The first-order valence-corrected chi connectivity index (χ1v) is 6.61. The van der Waals surface area contributed by atoms with Gasteiger partial charge in [0.1, 0.15) is 0 Å². The van der Waals surface area contributed by atoms with Crippen LogP contribution in [0, 0.1) is 12.8 Å². The molecule has 0 fully saturated rings. The molecule has 1 heterocycles. The van der Waals surface area contributed by atoms with Gasteiger partial charge < -0.3 is 10.4 Å². The number of benzene rings is 1. The Morgan fingerprint density at radius 3 is 2.48 bits per heavy atom. The number of nitrogens with one attached hydrogen (secondary N) is 1. The summed E-state index contributed by atoms with van der Waals surface area (Å²) in [7, 11) is 0. The van der Waals surface area contributed by atoms with Crippen LogP contribution in [-0.2, 0) is 4.79 Å². The van der Waals surface area contributed by atoms with Crippen LogP contribution in [0.3, 0.4) is 0 Å². The zero-order chi connectivity index (χ0) is 15.4. The topological polar surface area (TPSA) is 84.2 Å². The van der Waals surface area contributed by atoms with Crippen LogP contribution in [-0.4, -0.2) is 33.3 Å². The van der Waals surface area contributed by atoms with Crippen LogP contribution in [0.15, 0.2) is 36.5 Å². The monoisotopic (exact) mass is 287 g/mol. The van der Waals surface area contributed by atoms with Crippen molar-refractivity contribution in [2.45, 2.75) is 13.8 Å². The molecule has 110 valence electrons. The Balaban J connectivity index is 2.04. The second-order valence-corrected chi connectivity index (χ2v) is 4.88. The lowest BCUT2D eigenvalue weighted by molar-refractivity contribution is -0.140. The molecule has 0 aliphatic heterocycles. The van der Waals surface area contributed by atoms with E-state index in [1.807, 2.05) is 13.0 Å². The number of carbonyl (C=O) groups excluding carboxylic acids is 1. The Bertz CT molecular complexity index is 646. The van der Waals surface area contributed by atoms with Gasteiger partial charge in [0, 0.05) is 24.0 Å². The number of rotatable bonds is 5. The van der Waals surface area contributed by atoms with Crippen molar-refractivity contribution < 1.29 is 14.7 Å². The molecule has 0 unspecified atom stereocenters. The first-order chi connectivity index (χ1) is 9.99. The van der Waals surface area contributed by atoms with E-state index < -0.39 is 11.9 Å². The summed E-state index contributed by atoms with van der Waals surface area (Å²) in [6.45, 7) is 3.60. The Morgan fingerprint density at radius 2 is 1.95 bits per heavy atom. The molecular weight excluding hydrogens is 270 g/mol. The van der Waals surface area contributed by atoms with Crippen molar-refractivity contribution in [1.82, 2.24) is 15.1 Å². The highest BCUT2D eigenvalue weighted by Gasteiger charge is 2.13. The number of carboxylic acid groups (broad SMARTS) is 1. The third-order valence-corrected chi connectivity index (χ3v) is 3.20. The Kier molecular flexibility index (Phi) is 4.37. The van der Waals surface area contributed by atoms with Crippen molar-refractivity contribution in [3.8, 4) is 5.69 Å². The van der Waals surface area contributed by atoms with Crippen molar-refractivity contribution in [1.29, 1.82) is 0 Å². The number of aromatic nitrogens is 2. The van der Waals surface area contributed by atoms with Gasteiger partial charge in [0.05, 0.1) is 11.6 Å². The number of hydrogen-bond donors (Lipinski definition) is 2. The van der Waals surface area contributed by atoms with E-state index in [1.54, 1.807) is 42.1 Å². The van der Waals surface area contributed by atoms with E-state index in [9.17, 15) is 9.59 Å². The number of hydrogen-bond acceptors (Lipinski definition) is 3. The molecule has 6 heteroatoms. The lowest BCUT2D eigenvalue weighted by atomic mass is 10.1. The number of amides is 1. The maximum atomic E-state index is 11.9. The zero-order valence-electron chi connectivity index (χ0n) is 11.9. The predicted octanol–water partition coefficient (Wildman–Crippen LogP) is 1.63. The molecule has 0 saturated carbocycles. The number of aryl methyl sites for hydroxylation is 1. The molecule has 1 aromatic heterocycles. The van der Waals surface area contributed by atoms with E-state index in [2.05, 4.69) is 10.4 Å². The highest BCUT2D eigenvalue weighted by atomic mass is 16.4. The fourth-order valence-electron chi connectivity index (χ4n) is 1.83. The summed E-state index contributed by atoms with van der Waals surface area (Å²) in [4.78, 5) is 22.6. The maximum absolute atomic E-state index is 11.9. The normalized spacial score (nSPS) is 11.9. The molecule has 0 saturated heterocycles. The van der Waals surface area contributed by atoms with E-state index in [1.165, 1.54) is 0 Å². The summed E-state index contributed by atoms with van der Waals surface area (Å²) in [5.74, 6) is -1.83. The predicted molar refractivity (Wildman–Crippen MR) is 77.4 cm³/mol. The average Bonchev–Trinajstić information content (AvgIpc) is 2.90. The largest absolute Gasteiger partial charge is 0.481 e. The minimum Gasteiger partial charge on any atom is -0.481 e. The minimum absolute atomic E-state index is 0.105. The van der Waals surface area contributed by atoms with Gasteiger partial charge in [-0.15, -0.1) is 0 Å². The van der Waals surface area contributed by atoms with Crippen LogP contribution < -0.4 is 5.32 Å². The molecular formula is C15H17N3O3. The average molecular weight is 287 g/mol. The molecule has 0 bridgehead atoms. The number of aliphatic carboxylic acids is 1. The van der Waals surface area contributed by atoms with Gasteiger partial charge in [-0.3, -0.25) is 9.59 Å². The van der Waals surface area contributed by atoms with Gasteiger partial charge in [-0.1, -0.05) is 6.92 Å². The zero-order valence-corrected chi connectivity index (χ0v) is 11.9. The molecule has 0 radical (unpaired) electrons. The number of nitrogens with zero attached hydrogens (tertiary/aromatic N) is 2. The summed E-state index contributed by atoms with van der Waals surface area (Å²) < 4.78 is 1.77. The van der Waals surface area contributed by atoms with E-state index in [0.29, 0.717) is 5.56 Å². The van der Waals surface area contributed by atoms with Crippen molar-refractivity contribution >= 4 is 11.9 Å². The first kappa shape index (κ1) is 14.8. The van der Waals surface area contributed by atoms with Crippen LogP contribution in [0.2, 0.25) is 0 Å². The Morgan fingerprint density at radius 1 is 1.29 bits per heavy atom. The van der Waals surface area contributed by atoms with Crippen molar-refractivity contribution in [3.63, 3.8) is 0 Å². The molecule has 1 aromatic carbocycles. The lowest BCUT2D eigenvalue weighted by Crippen LogP contribution is -2.31. The van der Waals surface area contributed by atoms with Crippen LogP contribution in [0.1, 0.15) is 23.0 Å². The SMILES string of the molecule is Cc1ccnn1-c1ccc(C(=O)NC[C@@H](C)C(=O)O)cc1. The van der Waals surface area contributed by atoms with Gasteiger partial charge in [-0.25, -0.2) is 4.68 Å². The molecule has 0 aliphatic rings. The molecule has 2 rings (SSSR count). The van der Waals surface area contributed by atoms with E-state index in [-0.39, 0.29) is 12.5 Å². The van der Waals surface area contributed by atoms with Gasteiger partial charge in [-0.05, 0) is 37.3 Å². The Labute approximate surface area is 122 Å². The van der Waals surface area contributed by atoms with Crippen LogP contribution in [0.25, 0.3) is 5.69 Å². The summed E-state index contributed by atoms with van der Waals surface area (Å²) >= 11 is 0. The van der Waals surface area contributed by atoms with Gasteiger partial charge in [-0.2, -0.15) is 5.10 Å². The molecule has 0 spiro atoms. The summed E-state index contributed by atoms with van der Waals surface area (Å²) in [6.07, 6.45) is 1.71. The van der Waals surface area contributed by atoms with Gasteiger partial charge in [0.25, 0.3) is 5.91 Å². The fraction of sp³-hybridized carbons (Fsp3) is 0.267. The second-order valence-electron chi connectivity index (χ2n) is 4.88. The number of carboxylic acids is 1. The van der Waals surface area contributed by atoms with E-state index in [4.69, 9.17) is 5.11 Å². The molecule has 6 nitrogen and oxygen atoms in total. The van der Waals surface area contributed by atoms with Crippen LogP contribution in [0.4, 0.5) is 0 Å². The van der Waals surface area contributed by atoms with Gasteiger partial charge in [0.15, 0.2) is 0 Å². The molecule has 0 aliphatic carbocycles. The molecule has 2 N–H and O–H groups in total. The highest BCUT2D eigenvalue weighted by molar-refractivity contribution is 5.94. The van der Waals surface area contributed by atoms with Gasteiger partial charge >= 0.3 is 5.97 Å². The Hall–Kier alpha value is -2.63. The molecule has 1 atom stereocenters. The van der Waals surface area contributed by atoms with Crippen molar-refractivity contribution in [2.75, 3.05) is 6.54 Å². The van der Waals surface area contributed by atoms with Crippen LogP contribution >= 0.6 is 0 Å². The van der Waals surface area contributed by atoms with E-state index >= 15 is 0 Å². The third kappa shape index (κ3) is 3.47. The second kappa shape index (κ2) is 6.21. The summed E-state index contributed by atoms with van der Waals surface area (Å²) in [5, 5.41) is 15.6. The van der Waals surface area contributed by atoms with E-state index in [0.717, 1.165) is 11.4 Å². The molecule has 1 amide bonds. The van der Waals surface area contributed by atoms with Crippen molar-refractivity contribution in [3.05, 3.63) is 47.8 Å². The van der Waals surface area contributed by atoms with Crippen molar-refractivity contribution in [2.24, 2.45) is 5.92 Å². The fourth-order valence-corrected chi connectivity index (χ4v) is 1.83. The maximum Gasteiger partial charge on any atom is 0.308 e. The quantitative estimate of drug-likeness (QED) is 0.875. The highest BCUT2D eigenvalue weighted by Crippen LogP contribution is 2.11. The minimum atomic E-state index is -0.931. The standard InChI is InChI=1S/C15H17N3O3/c1-10(15(20)21)9-16-14(19)12-3-5-13(6-4-12)18-11(2)7-8-17-18/h3-8,10H,9H2,1-2H3,(H,16,19)(H,20,21)/t10-/m1/s1. The molecule has 2 aromatic rings. The summed E-state index contributed by atoms with van der Waals surface area (Å²) in [5.41, 5.74) is 2.36. The first-order valence-electron chi connectivity index (χ1n) is 6.61. The smallest absolute Gasteiger partial charge is 0.308 e. The third-order valence-electron chi connectivity index (χ3n) is 3.20.